The van der Waals surface area contributed by atoms with E-state index in [0.29, 0.717) is 17.5 Å². The quantitative estimate of drug-likeness (QED) is 0.627. The van der Waals surface area contributed by atoms with E-state index in [1.165, 1.54) is 7.11 Å². The Bertz CT molecular complexity index is 664. The predicted octanol–water partition coefficient (Wildman–Crippen LogP) is 4.72. The minimum Gasteiger partial charge on any atom is -0.370 e. The summed E-state index contributed by atoms with van der Waals surface area (Å²) in [6.45, 7) is 2.06. The van der Waals surface area contributed by atoms with Crippen LogP contribution in [0.3, 0.4) is 0 Å². The number of methoxy groups -OCH3 is 1. The molecule has 0 N–H and O–H groups in total. The maximum atomic E-state index is 13.1. The molecule has 2 rings (SSSR count). The smallest absolute Gasteiger partial charge is 0.195 e. The number of hydrogen-bond donors (Lipinski definition) is 0. The van der Waals surface area contributed by atoms with Gasteiger partial charge in [0.25, 0.3) is 0 Å². The Kier molecular flexibility index (Phi) is 6.44. The molecular formula is C21H24O3. The van der Waals surface area contributed by atoms with Crippen LogP contribution in [0.25, 0.3) is 0 Å². The first-order valence-corrected chi connectivity index (χ1v) is 8.36. The zero-order valence-electron chi connectivity index (χ0n) is 14.3. The lowest BCUT2D eigenvalue weighted by molar-refractivity contribution is -0.00671. The number of ether oxygens (including phenoxy) is 1. The molecule has 3 nitrogen and oxygen atoms in total. The molecule has 24 heavy (non-hydrogen) atoms. The monoisotopic (exact) mass is 324 g/mol. The summed E-state index contributed by atoms with van der Waals surface area (Å²) in [5.74, 6) is -0.193. The average Bonchev–Trinajstić information content (AvgIpc) is 2.66. The normalized spacial score (nSPS) is 13.2. The molecule has 0 aromatic heterocycles. The first-order valence-electron chi connectivity index (χ1n) is 8.36. The molecule has 0 saturated heterocycles. The fraction of sp³-hybridized carbons (Fsp3) is 0.333. The minimum atomic E-state index is -1.11. The van der Waals surface area contributed by atoms with Crippen LogP contribution in [-0.4, -0.2) is 24.3 Å². The Morgan fingerprint density at radius 2 is 1.46 bits per heavy atom. The molecule has 0 saturated carbocycles. The highest BCUT2D eigenvalue weighted by atomic mass is 16.5. The minimum absolute atomic E-state index is 0.0568. The highest BCUT2D eigenvalue weighted by molar-refractivity contribution is 6.07. The first kappa shape index (κ1) is 18.1. The third-order valence-corrected chi connectivity index (χ3v) is 4.32. The van der Waals surface area contributed by atoms with E-state index >= 15 is 0 Å². The van der Waals surface area contributed by atoms with Crippen molar-refractivity contribution in [2.75, 3.05) is 7.11 Å². The Morgan fingerprint density at radius 1 is 0.917 bits per heavy atom. The summed E-state index contributed by atoms with van der Waals surface area (Å²) in [5, 5.41) is 0. The fourth-order valence-corrected chi connectivity index (χ4v) is 2.85. The van der Waals surface area contributed by atoms with Gasteiger partial charge in [-0.3, -0.25) is 9.59 Å². The van der Waals surface area contributed by atoms with Crippen molar-refractivity contribution in [2.45, 2.75) is 38.2 Å². The van der Waals surface area contributed by atoms with Gasteiger partial charge in [-0.05, 0) is 6.42 Å². The third-order valence-electron chi connectivity index (χ3n) is 4.32. The molecule has 0 spiro atoms. The van der Waals surface area contributed by atoms with E-state index in [9.17, 15) is 9.59 Å². The lowest BCUT2D eigenvalue weighted by atomic mass is 9.82. The second-order valence-electron chi connectivity index (χ2n) is 5.96. The number of benzene rings is 2. The second kappa shape index (κ2) is 8.55. The van der Waals surface area contributed by atoms with E-state index in [2.05, 4.69) is 6.92 Å². The van der Waals surface area contributed by atoms with Crippen molar-refractivity contribution in [1.29, 1.82) is 0 Å². The topological polar surface area (TPSA) is 43.4 Å². The van der Waals surface area contributed by atoms with Crippen molar-refractivity contribution >= 4 is 11.6 Å². The van der Waals surface area contributed by atoms with Crippen molar-refractivity contribution in [2.24, 2.45) is 0 Å². The van der Waals surface area contributed by atoms with Gasteiger partial charge in [-0.15, -0.1) is 0 Å². The van der Waals surface area contributed by atoms with Crippen LogP contribution in [0.15, 0.2) is 60.7 Å². The van der Waals surface area contributed by atoms with E-state index in [1.54, 1.807) is 24.3 Å². The first-order chi connectivity index (χ1) is 11.6. The van der Waals surface area contributed by atoms with Crippen LogP contribution in [0, 0.1) is 0 Å². The summed E-state index contributed by atoms with van der Waals surface area (Å²) in [7, 11) is 1.52. The number of rotatable bonds is 9. The molecule has 126 valence electrons. The summed E-state index contributed by atoms with van der Waals surface area (Å²) in [6.07, 6.45) is 2.36. The van der Waals surface area contributed by atoms with Crippen LogP contribution in [0.1, 0.15) is 53.3 Å². The molecule has 0 aliphatic rings. The van der Waals surface area contributed by atoms with Crippen molar-refractivity contribution < 1.29 is 14.3 Å². The van der Waals surface area contributed by atoms with Crippen LogP contribution in [0.5, 0.6) is 0 Å². The summed E-state index contributed by atoms with van der Waals surface area (Å²) in [4.78, 5) is 25.8. The summed E-state index contributed by atoms with van der Waals surface area (Å²) in [6, 6.07) is 18.1. The highest BCUT2D eigenvalue weighted by Gasteiger charge is 2.40. The number of hydrogen-bond acceptors (Lipinski definition) is 3. The molecule has 0 aliphatic heterocycles. The molecule has 2 aromatic rings. The second-order valence-corrected chi connectivity index (χ2v) is 5.96. The molecule has 0 fully saturated rings. The number of carbonyl (C=O) groups excluding carboxylic acids is 2. The Balaban J connectivity index is 2.32. The number of unbranched alkanes of at least 4 members (excludes halogenated alkanes) is 1. The van der Waals surface area contributed by atoms with Crippen LogP contribution in [-0.2, 0) is 4.74 Å². The molecule has 0 bridgehead atoms. The van der Waals surface area contributed by atoms with Gasteiger partial charge in [0.15, 0.2) is 11.6 Å². The van der Waals surface area contributed by atoms with Crippen LogP contribution in [0.2, 0.25) is 0 Å². The summed E-state index contributed by atoms with van der Waals surface area (Å²) >= 11 is 0. The van der Waals surface area contributed by atoms with Gasteiger partial charge < -0.3 is 4.74 Å². The van der Waals surface area contributed by atoms with Crippen molar-refractivity contribution in [3.63, 3.8) is 0 Å². The van der Waals surface area contributed by atoms with E-state index in [1.807, 2.05) is 36.4 Å². The number of ketones is 2. The molecule has 0 heterocycles. The molecule has 0 amide bonds. The Hall–Kier alpha value is -2.26. The molecule has 1 unspecified atom stereocenters. The standard InChI is InChI=1S/C21H24O3/c1-3-4-15-21(24-2,20(23)18-13-9-6-10-14-18)16-19(22)17-11-7-5-8-12-17/h5-14H,3-4,15-16H2,1-2H3. The van der Waals surface area contributed by atoms with E-state index in [0.717, 1.165) is 12.8 Å². The largest absolute Gasteiger partial charge is 0.370 e. The van der Waals surface area contributed by atoms with Gasteiger partial charge in [0.05, 0.1) is 0 Å². The van der Waals surface area contributed by atoms with E-state index in [4.69, 9.17) is 4.74 Å². The molecule has 0 aliphatic carbocycles. The zero-order chi connectivity index (χ0) is 17.4. The van der Waals surface area contributed by atoms with Gasteiger partial charge in [-0.25, -0.2) is 0 Å². The van der Waals surface area contributed by atoms with Gasteiger partial charge in [-0.2, -0.15) is 0 Å². The van der Waals surface area contributed by atoms with Gasteiger partial charge in [-0.1, -0.05) is 80.4 Å². The third kappa shape index (κ3) is 4.18. The molecule has 1 atom stereocenters. The summed E-state index contributed by atoms with van der Waals surface area (Å²) < 4.78 is 5.68. The van der Waals surface area contributed by atoms with Crippen molar-refractivity contribution in [3.8, 4) is 0 Å². The van der Waals surface area contributed by atoms with Crippen LogP contribution < -0.4 is 0 Å². The SMILES string of the molecule is CCCCC(CC(=O)c1ccccc1)(OC)C(=O)c1ccccc1. The maximum Gasteiger partial charge on any atom is 0.195 e. The van der Waals surface area contributed by atoms with Gasteiger partial charge in [0.2, 0.25) is 0 Å². The van der Waals surface area contributed by atoms with Gasteiger partial charge in [0.1, 0.15) is 5.60 Å². The average molecular weight is 324 g/mol. The predicted molar refractivity (Wildman–Crippen MR) is 95.4 cm³/mol. The van der Waals surface area contributed by atoms with Crippen molar-refractivity contribution in [1.82, 2.24) is 0 Å². The van der Waals surface area contributed by atoms with Crippen molar-refractivity contribution in [3.05, 3.63) is 71.8 Å². The molecule has 2 aromatic carbocycles. The van der Waals surface area contributed by atoms with Crippen LogP contribution >= 0.6 is 0 Å². The lowest BCUT2D eigenvalue weighted by Crippen LogP contribution is -2.43. The molecule has 0 radical (unpaired) electrons. The Morgan fingerprint density at radius 3 is 1.96 bits per heavy atom. The highest BCUT2D eigenvalue weighted by Crippen LogP contribution is 2.29. The van der Waals surface area contributed by atoms with Gasteiger partial charge in [0, 0.05) is 24.7 Å². The number of Topliss-reactive ketones (excluding diaryl/α,β-unsaturated/α-hetero) is 2. The fourth-order valence-electron chi connectivity index (χ4n) is 2.85. The van der Waals surface area contributed by atoms with Gasteiger partial charge >= 0.3 is 0 Å². The number of carbonyl (C=O) groups is 2. The maximum absolute atomic E-state index is 13.1. The van der Waals surface area contributed by atoms with E-state index in [-0.39, 0.29) is 18.0 Å². The molecular weight excluding hydrogens is 300 g/mol. The summed E-state index contributed by atoms with van der Waals surface area (Å²) in [5.41, 5.74) is 0.0807. The zero-order valence-corrected chi connectivity index (χ0v) is 14.3. The van der Waals surface area contributed by atoms with E-state index < -0.39 is 5.60 Å². The Labute approximate surface area is 143 Å². The lowest BCUT2D eigenvalue weighted by Gasteiger charge is -2.30. The van der Waals surface area contributed by atoms with Crippen LogP contribution in [0.4, 0.5) is 0 Å². The molecule has 3 heteroatoms.